The van der Waals surface area contributed by atoms with Gasteiger partial charge in [-0.1, -0.05) is 0 Å². The number of ether oxygens (including phenoxy) is 5. The molecule has 0 aliphatic carbocycles. The summed E-state index contributed by atoms with van der Waals surface area (Å²) in [4.78, 5) is 33.5. The molecule has 4 aromatic rings. The van der Waals surface area contributed by atoms with Crippen LogP contribution in [0.4, 0.5) is 10.3 Å². The number of methoxy groups -OCH3 is 4. The van der Waals surface area contributed by atoms with Crippen LogP contribution < -0.4 is 29.6 Å². The van der Waals surface area contributed by atoms with Crippen molar-refractivity contribution in [2.45, 2.75) is 0 Å². The van der Waals surface area contributed by atoms with Crippen LogP contribution in [0.3, 0.4) is 0 Å². The van der Waals surface area contributed by atoms with Crippen molar-refractivity contribution in [3.8, 4) is 45.5 Å². The number of carbonyl (C=O) groups excluding carboxylic acids is 2. The minimum Gasteiger partial charge on any atom is -0.497 e. The van der Waals surface area contributed by atoms with Crippen molar-refractivity contribution in [1.82, 2.24) is 9.97 Å². The number of hydrogen-bond donors (Lipinski definition) is 2. The fourth-order valence-corrected chi connectivity index (χ4v) is 4.94. The van der Waals surface area contributed by atoms with Gasteiger partial charge in [0.15, 0.2) is 10.3 Å². The van der Waals surface area contributed by atoms with E-state index in [1.54, 1.807) is 75.6 Å². The number of anilines is 2. The third-order valence-corrected chi connectivity index (χ3v) is 6.85. The van der Waals surface area contributed by atoms with Crippen LogP contribution in [0.1, 0.15) is 0 Å². The van der Waals surface area contributed by atoms with E-state index in [-0.39, 0.29) is 13.2 Å². The molecule has 4 rings (SSSR count). The molecule has 2 N–H and O–H groups in total. The molecular weight excluding hydrogens is 544 g/mol. The lowest BCUT2D eigenvalue weighted by Crippen LogP contribution is -2.23. The first kappa shape index (κ1) is 27.8. The van der Waals surface area contributed by atoms with Crippen LogP contribution in [0.5, 0.6) is 23.0 Å². The highest BCUT2D eigenvalue weighted by molar-refractivity contribution is 7.14. The smallest absolute Gasteiger partial charge is 0.252 e. The van der Waals surface area contributed by atoms with E-state index in [2.05, 4.69) is 20.6 Å². The number of rotatable bonds is 12. The zero-order chi connectivity index (χ0) is 27.8. The van der Waals surface area contributed by atoms with Crippen LogP contribution in [0.2, 0.25) is 0 Å². The summed E-state index contributed by atoms with van der Waals surface area (Å²) in [7, 11) is 6.29. The van der Waals surface area contributed by atoms with E-state index in [1.165, 1.54) is 22.7 Å². The quantitative estimate of drug-likeness (QED) is 0.252. The standard InChI is InChI=1S/C26H26N4O7S2/c1-33-15-5-7-21(35-3)17(9-15)19-13-38-25(27-19)29-23(31)11-37-12-24(32)30-26-28-20(14-39-26)18-10-16(34-2)6-8-22(18)36-4/h5-10,13-14H,11-12H2,1-4H3,(H,27,29,31)(H,28,30,32). The summed E-state index contributed by atoms with van der Waals surface area (Å²) < 4.78 is 26.6. The molecule has 2 heterocycles. The van der Waals surface area contributed by atoms with Gasteiger partial charge in [0.2, 0.25) is 0 Å². The highest BCUT2D eigenvalue weighted by atomic mass is 32.1. The summed E-state index contributed by atoms with van der Waals surface area (Å²) in [5.41, 5.74) is 2.72. The molecule has 2 amide bonds. The maximum absolute atomic E-state index is 12.3. The van der Waals surface area contributed by atoms with Crippen molar-refractivity contribution >= 4 is 44.8 Å². The van der Waals surface area contributed by atoms with Crippen molar-refractivity contribution in [3.63, 3.8) is 0 Å². The molecule has 0 saturated carbocycles. The lowest BCUT2D eigenvalue weighted by atomic mass is 10.1. The second-order valence-corrected chi connectivity index (χ2v) is 9.51. The average molecular weight is 571 g/mol. The molecule has 0 aliphatic heterocycles. The molecule has 13 heteroatoms. The molecule has 0 atom stereocenters. The monoisotopic (exact) mass is 570 g/mol. The maximum Gasteiger partial charge on any atom is 0.252 e. The molecule has 0 aliphatic rings. The predicted octanol–water partition coefficient (Wildman–Crippen LogP) is 4.56. The van der Waals surface area contributed by atoms with Crippen LogP contribution in [-0.2, 0) is 14.3 Å². The topological polar surface area (TPSA) is 130 Å². The molecule has 0 fully saturated rings. The lowest BCUT2D eigenvalue weighted by molar-refractivity contribution is -0.125. The number of thiazole rings is 2. The van der Waals surface area contributed by atoms with Gasteiger partial charge in [-0.2, -0.15) is 0 Å². The number of amides is 2. The molecule has 0 saturated heterocycles. The summed E-state index contributed by atoms with van der Waals surface area (Å²) >= 11 is 2.51. The third-order valence-electron chi connectivity index (χ3n) is 5.33. The number of nitrogens with zero attached hydrogens (tertiary/aromatic N) is 2. The molecule has 2 aromatic carbocycles. The van der Waals surface area contributed by atoms with Crippen LogP contribution in [-0.4, -0.2) is 63.4 Å². The van der Waals surface area contributed by atoms with Crippen molar-refractivity contribution < 1.29 is 33.3 Å². The fourth-order valence-electron chi connectivity index (χ4n) is 3.49. The minimum absolute atomic E-state index is 0.324. The van der Waals surface area contributed by atoms with E-state index in [9.17, 15) is 9.59 Å². The van der Waals surface area contributed by atoms with Crippen LogP contribution >= 0.6 is 22.7 Å². The van der Waals surface area contributed by atoms with Crippen LogP contribution in [0, 0.1) is 0 Å². The number of aromatic nitrogens is 2. The molecule has 0 radical (unpaired) electrons. The summed E-state index contributed by atoms with van der Waals surface area (Å²) in [5.74, 6) is 1.69. The Morgan fingerprint density at radius 2 is 1.13 bits per heavy atom. The van der Waals surface area contributed by atoms with Gasteiger partial charge in [0.1, 0.15) is 36.2 Å². The Labute approximate surface area is 232 Å². The van der Waals surface area contributed by atoms with Crippen LogP contribution in [0.25, 0.3) is 22.5 Å². The van der Waals surface area contributed by atoms with E-state index >= 15 is 0 Å². The second-order valence-electron chi connectivity index (χ2n) is 7.80. The van der Waals surface area contributed by atoms with Gasteiger partial charge in [0.25, 0.3) is 11.8 Å². The minimum atomic E-state index is -0.442. The fraction of sp³-hybridized carbons (Fsp3) is 0.231. The first-order chi connectivity index (χ1) is 18.9. The molecule has 0 unspecified atom stereocenters. The van der Waals surface area contributed by atoms with E-state index in [1.807, 2.05) is 0 Å². The van der Waals surface area contributed by atoms with Crippen molar-refractivity contribution in [2.75, 3.05) is 52.3 Å². The van der Waals surface area contributed by atoms with Gasteiger partial charge in [-0.25, -0.2) is 9.97 Å². The van der Waals surface area contributed by atoms with Gasteiger partial charge in [0, 0.05) is 21.9 Å². The Balaban J connectivity index is 1.27. The maximum atomic E-state index is 12.3. The number of benzene rings is 2. The predicted molar refractivity (Wildman–Crippen MR) is 149 cm³/mol. The van der Waals surface area contributed by atoms with Crippen LogP contribution in [0.15, 0.2) is 47.2 Å². The molecule has 0 bridgehead atoms. The van der Waals surface area contributed by atoms with Crippen molar-refractivity contribution in [1.29, 1.82) is 0 Å². The average Bonchev–Trinajstić information content (AvgIpc) is 3.62. The van der Waals surface area contributed by atoms with E-state index in [4.69, 9.17) is 23.7 Å². The first-order valence-electron chi connectivity index (χ1n) is 11.5. The zero-order valence-corrected chi connectivity index (χ0v) is 23.2. The Kier molecular flexibility index (Phi) is 9.31. The van der Waals surface area contributed by atoms with Gasteiger partial charge < -0.3 is 23.7 Å². The van der Waals surface area contributed by atoms with Crippen molar-refractivity contribution in [2.24, 2.45) is 0 Å². The summed E-state index contributed by atoms with van der Waals surface area (Å²) in [6.45, 7) is -0.649. The zero-order valence-electron chi connectivity index (χ0n) is 21.6. The molecule has 39 heavy (non-hydrogen) atoms. The highest BCUT2D eigenvalue weighted by Crippen LogP contribution is 2.36. The normalized spacial score (nSPS) is 10.6. The molecule has 0 spiro atoms. The van der Waals surface area contributed by atoms with E-state index < -0.39 is 11.8 Å². The first-order valence-corrected chi connectivity index (χ1v) is 13.2. The number of nitrogens with one attached hydrogen (secondary N) is 2. The van der Waals surface area contributed by atoms with Gasteiger partial charge in [0.05, 0.1) is 39.8 Å². The lowest BCUT2D eigenvalue weighted by Gasteiger charge is -2.08. The largest absolute Gasteiger partial charge is 0.497 e. The molecule has 11 nitrogen and oxygen atoms in total. The molecular formula is C26H26N4O7S2. The Hall–Kier alpha value is -4.20. The van der Waals surface area contributed by atoms with E-state index in [0.717, 1.165) is 11.1 Å². The SMILES string of the molecule is COc1ccc(OC)c(-c2csc(NC(=O)COCC(=O)Nc3nc(-c4cc(OC)ccc4OC)cs3)n2)c1. The summed E-state index contributed by atoms with van der Waals surface area (Å²) in [6.07, 6.45) is 0. The summed E-state index contributed by atoms with van der Waals surface area (Å²) in [5, 5.41) is 9.70. The van der Waals surface area contributed by atoms with Gasteiger partial charge in [-0.3, -0.25) is 20.2 Å². The Bertz CT molecular complexity index is 1350. The second kappa shape index (κ2) is 13.0. The Morgan fingerprint density at radius 1 is 0.692 bits per heavy atom. The number of hydrogen-bond acceptors (Lipinski definition) is 11. The van der Waals surface area contributed by atoms with E-state index in [0.29, 0.717) is 44.6 Å². The van der Waals surface area contributed by atoms with Gasteiger partial charge >= 0.3 is 0 Å². The number of carbonyl (C=O) groups is 2. The Morgan fingerprint density at radius 3 is 1.51 bits per heavy atom. The third kappa shape index (κ3) is 7.02. The van der Waals surface area contributed by atoms with Gasteiger partial charge in [-0.05, 0) is 36.4 Å². The highest BCUT2D eigenvalue weighted by Gasteiger charge is 2.15. The van der Waals surface area contributed by atoms with Crippen molar-refractivity contribution in [3.05, 3.63) is 47.2 Å². The molecule has 2 aromatic heterocycles. The summed E-state index contributed by atoms with van der Waals surface area (Å²) in [6, 6.07) is 10.8. The molecule has 204 valence electrons. The van der Waals surface area contributed by atoms with Gasteiger partial charge in [-0.15, -0.1) is 22.7 Å².